The Morgan fingerprint density at radius 2 is 1.75 bits per heavy atom. The van der Waals surface area contributed by atoms with Crippen LogP contribution in [0.2, 0.25) is 0 Å². The van der Waals surface area contributed by atoms with E-state index in [2.05, 4.69) is 49.4 Å². The molecule has 0 bridgehead atoms. The van der Waals surface area contributed by atoms with E-state index in [4.69, 9.17) is 0 Å². The van der Waals surface area contributed by atoms with Crippen molar-refractivity contribution in [3.8, 4) is 17.3 Å². The third-order valence-electron chi connectivity index (χ3n) is 3.88. The number of hydrogen-bond donors (Lipinski definition) is 1. The topological polar surface area (TPSA) is 77.2 Å². The van der Waals surface area contributed by atoms with Crippen LogP contribution in [0.15, 0.2) is 49.1 Å². The lowest BCUT2D eigenvalue weighted by Crippen LogP contribution is -2.01. The fourth-order valence-corrected chi connectivity index (χ4v) is 2.68. The van der Waals surface area contributed by atoms with Gasteiger partial charge in [0.15, 0.2) is 17.5 Å². The molecule has 4 aromatic rings. The second kappa shape index (κ2) is 5.77. The maximum absolute atomic E-state index is 4.44. The summed E-state index contributed by atoms with van der Waals surface area (Å²) >= 11 is 0. The summed E-state index contributed by atoms with van der Waals surface area (Å²) in [5, 5.41) is 7.05. The molecule has 0 amide bonds. The number of aryl methyl sites for hydroxylation is 2. The lowest BCUT2D eigenvalue weighted by Gasteiger charge is -2.08. The van der Waals surface area contributed by atoms with Crippen molar-refractivity contribution in [3.05, 3.63) is 66.3 Å². The van der Waals surface area contributed by atoms with E-state index in [0.29, 0.717) is 6.42 Å². The number of aromatic amines is 1. The van der Waals surface area contributed by atoms with Crippen LogP contribution in [0.3, 0.4) is 0 Å². The van der Waals surface area contributed by atoms with Crippen LogP contribution in [-0.4, -0.2) is 34.3 Å². The van der Waals surface area contributed by atoms with Crippen molar-refractivity contribution in [2.75, 3.05) is 0 Å². The molecular formula is C17H17N7. The number of aromatic nitrogens is 7. The van der Waals surface area contributed by atoms with Gasteiger partial charge in [0, 0.05) is 43.9 Å². The number of hydrogen-bond acceptors (Lipinski definition) is 4. The molecule has 0 aliphatic rings. The summed E-state index contributed by atoms with van der Waals surface area (Å²) in [4.78, 5) is 13.2. The largest absolute Gasteiger partial charge is 0.331 e. The van der Waals surface area contributed by atoms with Gasteiger partial charge < -0.3 is 4.57 Å². The summed E-state index contributed by atoms with van der Waals surface area (Å²) in [6, 6.07) is 8.32. The zero-order valence-corrected chi connectivity index (χ0v) is 13.5. The van der Waals surface area contributed by atoms with Gasteiger partial charge in [-0.2, -0.15) is 5.10 Å². The Morgan fingerprint density at radius 3 is 2.42 bits per heavy atom. The van der Waals surface area contributed by atoms with E-state index in [1.807, 2.05) is 35.5 Å². The molecule has 0 fully saturated rings. The molecule has 0 saturated carbocycles. The van der Waals surface area contributed by atoms with Gasteiger partial charge in [-0.15, -0.1) is 0 Å². The van der Waals surface area contributed by atoms with Crippen LogP contribution in [0, 0.1) is 6.92 Å². The van der Waals surface area contributed by atoms with Crippen LogP contribution < -0.4 is 0 Å². The van der Waals surface area contributed by atoms with E-state index >= 15 is 0 Å². The van der Waals surface area contributed by atoms with Crippen molar-refractivity contribution in [3.63, 3.8) is 0 Å². The lowest BCUT2D eigenvalue weighted by molar-refractivity contribution is 0.896. The van der Waals surface area contributed by atoms with Crippen LogP contribution in [0.4, 0.5) is 0 Å². The Hall–Kier alpha value is -3.22. The van der Waals surface area contributed by atoms with E-state index < -0.39 is 0 Å². The summed E-state index contributed by atoms with van der Waals surface area (Å²) in [6.45, 7) is 1.90. The lowest BCUT2D eigenvalue weighted by atomic mass is 10.1. The number of benzene rings is 1. The first-order valence-corrected chi connectivity index (χ1v) is 7.69. The van der Waals surface area contributed by atoms with Crippen LogP contribution in [-0.2, 0) is 13.5 Å². The number of imidazole rings is 2. The van der Waals surface area contributed by atoms with Crippen LogP contribution in [0.1, 0.15) is 17.2 Å². The molecule has 3 aromatic heterocycles. The highest BCUT2D eigenvalue weighted by Gasteiger charge is 2.12. The summed E-state index contributed by atoms with van der Waals surface area (Å²) in [5.74, 6) is 3.29. The molecule has 24 heavy (non-hydrogen) atoms. The third kappa shape index (κ3) is 2.60. The molecule has 0 atom stereocenters. The normalized spacial score (nSPS) is 11.1. The van der Waals surface area contributed by atoms with Crippen molar-refractivity contribution in [2.45, 2.75) is 13.3 Å². The molecule has 0 aliphatic carbocycles. The molecule has 0 radical (unpaired) electrons. The fraction of sp³-hybridized carbons (Fsp3) is 0.176. The smallest absolute Gasteiger partial charge is 0.181 e. The Morgan fingerprint density at radius 1 is 1.00 bits per heavy atom. The summed E-state index contributed by atoms with van der Waals surface area (Å²) < 4.78 is 3.99. The van der Waals surface area contributed by atoms with Gasteiger partial charge in [0.25, 0.3) is 0 Å². The first-order chi connectivity index (χ1) is 11.7. The predicted molar refractivity (Wildman–Crippen MR) is 89.7 cm³/mol. The summed E-state index contributed by atoms with van der Waals surface area (Å²) in [5.41, 5.74) is 2.21. The minimum Gasteiger partial charge on any atom is -0.331 e. The third-order valence-corrected chi connectivity index (χ3v) is 3.88. The van der Waals surface area contributed by atoms with Crippen LogP contribution >= 0.6 is 0 Å². The molecule has 0 unspecified atom stereocenters. The highest BCUT2D eigenvalue weighted by atomic mass is 15.2. The molecule has 1 aromatic carbocycles. The SMILES string of the molecule is Cc1nc(Cc2ccc(-n3ccnc3-c3nccn3C)cc2)n[nH]1. The predicted octanol–water partition coefficient (Wildman–Crippen LogP) is 2.29. The monoisotopic (exact) mass is 319 g/mol. The molecule has 7 heteroatoms. The highest BCUT2D eigenvalue weighted by molar-refractivity contribution is 5.51. The number of nitrogens with one attached hydrogen (secondary N) is 1. The Balaban J connectivity index is 1.62. The quantitative estimate of drug-likeness (QED) is 0.626. The van der Waals surface area contributed by atoms with Crippen LogP contribution in [0.25, 0.3) is 17.3 Å². The standard InChI is InChI=1S/C17H17N7/c1-12-20-15(22-21-12)11-13-3-5-14(6-4-13)24-10-8-19-17(24)16-18-7-9-23(16)2/h3-10H,11H2,1-2H3,(H,20,21,22). The summed E-state index contributed by atoms with van der Waals surface area (Å²) in [7, 11) is 1.96. The van der Waals surface area contributed by atoms with Gasteiger partial charge >= 0.3 is 0 Å². The first kappa shape index (κ1) is 14.4. The van der Waals surface area contributed by atoms with Crippen molar-refractivity contribution >= 4 is 0 Å². The second-order valence-corrected chi connectivity index (χ2v) is 5.66. The summed E-state index contributed by atoms with van der Waals surface area (Å²) in [6.07, 6.45) is 8.12. The number of rotatable bonds is 4. The molecule has 4 rings (SSSR count). The van der Waals surface area contributed by atoms with E-state index in [-0.39, 0.29) is 0 Å². The second-order valence-electron chi connectivity index (χ2n) is 5.66. The van der Waals surface area contributed by atoms with E-state index in [9.17, 15) is 0 Å². The molecule has 1 N–H and O–H groups in total. The Bertz CT molecular complexity index is 959. The zero-order chi connectivity index (χ0) is 16.5. The Kier molecular flexibility index (Phi) is 3.45. The van der Waals surface area contributed by atoms with Gasteiger partial charge in [-0.25, -0.2) is 15.0 Å². The Labute approximate surface area is 139 Å². The van der Waals surface area contributed by atoms with Crippen molar-refractivity contribution in [2.24, 2.45) is 7.05 Å². The van der Waals surface area contributed by atoms with Crippen LogP contribution in [0.5, 0.6) is 0 Å². The van der Waals surface area contributed by atoms with Gasteiger partial charge in [0.1, 0.15) is 5.82 Å². The number of H-pyrrole nitrogens is 1. The van der Waals surface area contributed by atoms with Gasteiger partial charge in [-0.1, -0.05) is 12.1 Å². The van der Waals surface area contributed by atoms with Crippen molar-refractivity contribution < 1.29 is 0 Å². The van der Waals surface area contributed by atoms with Gasteiger partial charge in [0.05, 0.1) is 0 Å². The van der Waals surface area contributed by atoms with E-state index in [1.54, 1.807) is 12.4 Å². The zero-order valence-electron chi connectivity index (χ0n) is 13.5. The average molecular weight is 319 g/mol. The van der Waals surface area contributed by atoms with Gasteiger partial charge in [-0.05, 0) is 24.6 Å². The minimum atomic E-state index is 0.709. The van der Waals surface area contributed by atoms with E-state index in [0.717, 1.165) is 34.5 Å². The maximum atomic E-state index is 4.44. The number of nitrogens with zero attached hydrogens (tertiary/aromatic N) is 6. The fourth-order valence-electron chi connectivity index (χ4n) is 2.68. The van der Waals surface area contributed by atoms with Gasteiger partial charge in [0.2, 0.25) is 0 Å². The molecule has 0 spiro atoms. The molecule has 0 saturated heterocycles. The molecule has 7 nitrogen and oxygen atoms in total. The van der Waals surface area contributed by atoms with Gasteiger partial charge in [-0.3, -0.25) is 9.67 Å². The first-order valence-electron chi connectivity index (χ1n) is 7.69. The average Bonchev–Trinajstić information content (AvgIpc) is 3.29. The molecule has 0 aliphatic heterocycles. The van der Waals surface area contributed by atoms with E-state index in [1.165, 1.54) is 0 Å². The highest BCUT2D eigenvalue weighted by Crippen LogP contribution is 2.20. The maximum Gasteiger partial charge on any atom is 0.181 e. The molecule has 3 heterocycles. The molecular weight excluding hydrogens is 302 g/mol. The van der Waals surface area contributed by atoms with Crippen molar-refractivity contribution in [1.29, 1.82) is 0 Å². The minimum absolute atomic E-state index is 0.709. The van der Waals surface area contributed by atoms with Crippen molar-refractivity contribution in [1.82, 2.24) is 34.3 Å². The molecule has 120 valence electrons.